The van der Waals surface area contributed by atoms with Gasteiger partial charge in [0.1, 0.15) is 0 Å². The van der Waals surface area contributed by atoms with Crippen molar-refractivity contribution in [3.05, 3.63) is 29.3 Å². The Morgan fingerprint density at radius 3 is 2.45 bits per heavy atom. The number of rotatable bonds is 8. The van der Waals surface area contributed by atoms with Gasteiger partial charge in [-0.3, -0.25) is 0 Å². The number of benzene rings is 1. The molecule has 0 saturated carbocycles. The van der Waals surface area contributed by atoms with Crippen molar-refractivity contribution in [2.45, 2.75) is 18.0 Å². The number of methoxy groups -OCH3 is 1. The summed E-state index contributed by atoms with van der Waals surface area (Å²) >= 11 is 0. The van der Waals surface area contributed by atoms with Gasteiger partial charge < -0.3 is 10.1 Å². The van der Waals surface area contributed by atoms with Crippen LogP contribution in [0.2, 0.25) is 0 Å². The second-order valence-electron chi connectivity index (χ2n) is 4.62. The van der Waals surface area contributed by atoms with E-state index in [1.54, 1.807) is 7.11 Å². The molecule has 126 valence electrons. The van der Waals surface area contributed by atoms with Crippen LogP contribution >= 0.6 is 0 Å². The molecule has 0 aromatic heterocycles. The molecule has 1 aromatic carbocycles. The zero-order valence-electron chi connectivity index (χ0n) is 12.3. The van der Waals surface area contributed by atoms with Crippen molar-refractivity contribution in [1.29, 1.82) is 0 Å². The van der Waals surface area contributed by atoms with E-state index in [1.807, 2.05) is 0 Å². The Labute approximate surface area is 127 Å². The lowest BCUT2D eigenvalue weighted by molar-refractivity contribution is -0.137. The molecule has 9 heteroatoms. The summed E-state index contributed by atoms with van der Waals surface area (Å²) < 4.78 is 69.3. The van der Waals surface area contributed by atoms with Crippen LogP contribution in [0.15, 0.2) is 23.1 Å². The van der Waals surface area contributed by atoms with Crippen molar-refractivity contribution in [2.75, 3.05) is 33.4 Å². The molecule has 0 amide bonds. The van der Waals surface area contributed by atoms with Crippen molar-refractivity contribution >= 4 is 10.0 Å². The van der Waals surface area contributed by atoms with E-state index in [0.717, 1.165) is 12.1 Å². The molecule has 0 heterocycles. The number of hydrogen-bond acceptors (Lipinski definition) is 4. The van der Waals surface area contributed by atoms with Crippen LogP contribution in [0.25, 0.3) is 0 Å². The summed E-state index contributed by atoms with van der Waals surface area (Å²) in [6, 6.07) is 2.66. The highest BCUT2D eigenvalue weighted by Crippen LogP contribution is 2.31. The second kappa shape index (κ2) is 7.91. The Kier molecular flexibility index (Phi) is 6.79. The average Bonchev–Trinajstić information content (AvgIpc) is 2.41. The van der Waals surface area contributed by atoms with E-state index in [1.165, 1.54) is 6.92 Å². The first-order valence-electron chi connectivity index (χ1n) is 6.55. The van der Waals surface area contributed by atoms with E-state index < -0.39 is 21.8 Å². The SMILES string of the molecule is COCCNCCNS(=O)(=O)c1cc(C(F)(F)F)ccc1C. The number of aryl methyl sites for hydroxylation is 1. The van der Waals surface area contributed by atoms with Crippen molar-refractivity contribution in [3.8, 4) is 0 Å². The van der Waals surface area contributed by atoms with Crippen LogP contribution in [0.3, 0.4) is 0 Å². The van der Waals surface area contributed by atoms with E-state index >= 15 is 0 Å². The molecular weight excluding hydrogens is 321 g/mol. The number of halogens is 3. The maximum Gasteiger partial charge on any atom is 0.416 e. The smallest absolute Gasteiger partial charge is 0.383 e. The Balaban J connectivity index is 2.76. The van der Waals surface area contributed by atoms with Crippen LogP contribution in [0, 0.1) is 6.92 Å². The third kappa shape index (κ3) is 5.56. The van der Waals surface area contributed by atoms with E-state index in [-0.39, 0.29) is 17.0 Å². The van der Waals surface area contributed by atoms with Gasteiger partial charge in [-0.15, -0.1) is 0 Å². The molecule has 1 rings (SSSR count). The predicted octanol–water partition coefficient (Wildman–Crippen LogP) is 1.53. The molecule has 0 unspecified atom stereocenters. The molecule has 0 spiro atoms. The van der Waals surface area contributed by atoms with E-state index in [0.29, 0.717) is 25.8 Å². The lowest BCUT2D eigenvalue weighted by Crippen LogP contribution is -2.33. The minimum absolute atomic E-state index is 0.0712. The number of sulfonamides is 1. The van der Waals surface area contributed by atoms with Gasteiger partial charge in [0.25, 0.3) is 0 Å². The summed E-state index contributed by atoms with van der Waals surface area (Å²) in [5.74, 6) is 0. The van der Waals surface area contributed by atoms with Gasteiger partial charge in [0, 0.05) is 26.7 Å². The predicted molar refractivity (Wildman–Crippen MR) is 76.1 cm³/mol. The van der Waals surface area contributed by atoms with Gasteiger partial charge in [-0.2, -0.15) is 13.2 Å². The van der Waals surface area contributed by atoms with Crippen molar-refractivity contribution in [1.82, 2.24) is 10.0 Å². The quantitative estimate of drug-likeness (QED) is 0.705. The van der Waals surface area contributed by atoms with Gasteiger partial charge in [0.05, 0.1) is 17.1 Å². The molecular formula is C13H19F3N2O3S. The molecule has 0 fully saturated rings. The van der Waals surface area contributed by atoms with E-state index in [4.69, 9.17) is 4.74 Å². The van der Waals surface area contributed by atoms with Crippen LogP contribution in [-0.2, 0) is 20.9 Å². The van der Waals surface area contributed by atoms with Gasteiger partial charge in [0.15, 0.2) is 0 Å². The number of alkyl halides is 3. The molecule has 5 nitrogen and oxygen atoms in total. The van der Waals surface area contributed by atoms with Gasteiger partial charge in [0.2, 0.25) is 10.0 Å². The van der Waals surface area contributed by atoms with E-state index in [2.05, 4.69) is 10.0 Å². The first-order valence-corrected chi connectivity index (χ1v) is 8.04. The zero-order valence-corrected chi connectivity index (χ0v) is 13.1. The molecule has 1 aromatic rings. The lowest BCUT2D eigenvalue weighted by Gasteiger charge is -2.13. The van der Waals surface area contributed by atoms with Gasteiger partial charge >= 0.3 is 6.18 Å². The zero-order chi connectivity index (χ0) is 16.8. The molecule has 0 aliphatic carbocycles. The molecule has 0 aliphatic heterocycles. The highest BCUT2D eigenvalue weighted by atomic mass is 32.2. The molecule has 0 radical (unpaired) electrons. The highest BCUT2D eigenvalue weighted by Gasteiger charge is 2.32. The maximum absolute atomic E-state index is 12.7. The molecule has 22 heavy (non-hydrogen) atoms. The highest BCUT2D eigenvalue weighted by molar-refractivity contribution is 7.89. The first kappa shape index (κ1) is 18.9. The molecule has 0 aliphatic rings. The van der Waals surface area contributed by atoms with Crippen LogP contribution < -0.4 is 10.0 Å². The van der Waals surface area contributed by atoms with Crippen LogP contribution in [0.4, 0.5) is 13.2 Å². The minimum Gasteiger partial charge on any atom is -0.383 e. The summed E-state index contributed by atoms with van der Waals surface area (Å²) in [5.41, 5.74) is -0.732. The average molecular weight is 340 g/mol. The topological polar surface area (TPSA) is 67.4 Å². The minimum atomic E-state index is -4.58. The molecule has 0 atom stereocenters. The van der Waals surface area contributed by atoms with E-state index in [9.17, 15) is 21.6 Å². The van der Waals surface area contributed by atoms with Gasteiger partial charge in [-0.1, -0.05) is 6.07 Å². The van der Waals surface area contributed by atoms with Crippen LogP contribution in [0.5, 0.6) is 0 Å². The first-order chi connectivity index (χ1) is 10.2. The third-order valence-electron chi connectivity index (χ3n) is 2.88. The summed E-state index contributed by atoms with van der Waals surface area (Å²) in [6.07, 6.45) is -4.58. The number of hydrogen-bond donors (Lipinski definition) is 2. The number of ether oxygens (including phenoxy) is 1. The maximum atomic E-state index is 12.7. The standard InChI is InChI=1S/C13H19F3N2O3S/c1-10-3-4-11(13(14,15)16)9-12(10)22(19,20)18-6-5-17-7-8-21-2/h3-4,9,17-18H,5-8H2,1-2H3. The fraction of sp³-hybridized carbons (Fsp3) is 0.538. The van der Waals surface area contributed by atoms with Gasteiger partial charge in [-0.25, -0.2) is 13.1 Å². The second-order valence-corrected chi connectivity index (χ2v) is 6.35. The summed E-state index contributed by atoms with van der Waals surface area (Å²) in [4.78, 5) is -0.362. The van der Waals surface area contributed by atoms with Crippen LogP contribution in [0.1, 0.15) is 11.1 Å². The van der Waals surface area contributed by atoms with Gasteiger partial charge in [-0.05, 0) is 24.6 Å². The Morgan fingerprint density at radius 1 is 1.18 bits per heavy atom. The van der Waals surface area contributed by atoms with Crippen molar-refractivity contribution in [2.24, 2.45) is 0 Å². The molecule has 2 N–H and O–H groups in total. The fourth-order valence-electron chi connectivity index (χ4n) is 1.72. The summed E-state index contributed by atoms with van der Waals surface area (Å²) in [6.45, 7) is 2.91. The fourth-order valence-corrected chi connectivity index (χ4v) is 3.02. The summed E-state index contributed by atoms with van der Waals surface area (Å²) in [5, 5.41) is 2.93. The van der Waals surface area contributed by atoms with Crippen molar-refractivity contribution < 1.29 is 26.3 Å². The lowest BCUT2D eigenvalue weighted by atomic mass is 10.1. The molecule has 0 bridgehead atoms. The Morgan fingerprint density at radius 2 is 1.86 bits per heavy atom. The summed E-state index contributed by atoms with van der Waals surface area (Å²) in [7, 11) is -2.45. The monoisotopic (exact) mass is 340 g/mol. The van der Waals surface area contributed by atoms with Crippen molar-refractivity contribution in [3.63, 3.8) is 0 Å². The third-order valence-corrected chi connectivity index (χ3v) is 4.48. The largest absolute Gasteiger partial charge is 0.416 e. The Hall–Kier alpha value is -1.16. The molecule has 0 saturated heterocycles. The normalized spacial score (nSPS) is 12.6. The number of nitrogens with one attached hydrogen (secondary N) is 2. The van der Waals surface area contributed by atoms with Crippen LogP contribution in [-0.4, -0.2) is 41.8 Å². The Bertz CT molecular complexity index is 589.